The predicted molar refractivity (Wildman–Crippen MR) is 91.1 cm³/mol. The Bertz CT molecular complexity index is 491. The second kappa shape index (κ2) is 7.75. The van der Waals surface area contributed by atoms with E-state index in [9.17, 15) is 5.11 Å². The van der Waals surface area contributed by atoms with Gasteiger partial charge in [-0.05, 0) is 38.4 Å². The summed E-state index contributed by atoms with van der Waals surface area (Å²) < 4.78 is 2.09. The third kappa shape index (κ3) is 4.32. The van der Waals surface area contributed by atoms with E-state index in [2.05, 4.69) is 31.3 Å². The van der Waals surface area contributed by atoms with Gasteiger partial charge in [0.1, 0.15) is 5.82 Å². The standard InChI is InChI=1S/C17H31N5O/c1-19-5-3-6-21(9-8-19)10-15-11-22(12-16(15)14-23)13-17-18-4-7-20(17)2/h4,7,15-16,23H,3,5-6,8-14H2,1-2H3/t15-,16-/m1/s1. The van der Waals surface area contributed by atoms with Crippen molar-refractivity contribution in [2.45, 2.75) is 13.0 Å². The fourth-order valence-electron chi connectivity index (χ4n) is 3.94. The lowest BCUT2D eigenvalue weighted by Crippen LogP contribution is -2.36. The number of likely N-dealkylation sites (tertiary alicyclic amines) is 1. The highest BCUT2D eigenvalue weighted by Gasteiger charge is 2.34. The number of aliphatic hydroxyl groups is 1. The Morgan fingerprint density at radius 2 is 1.91 bits per heavy atom. The summed E-state index contributed by atoms with van der Waals surface area (Å²) in [7, 11) is 4.26. The second-order valence-electron chi connectivity index (χ2n) is 7.31. The highest BCUT2D eigenvalue weighted by Crippen LogP contribution is 2.25. The van der Waals surface area contributed by atoms with E-state index < -0.39 is 0 Å². The van der Waals surface area contributed by atoms with Crippen molar-refractivity contribution in [2.24, 2.45) is 18.9 Å². The number of aliphatic hydroxyl groups excluding tert-OH is 1. The van der Waals surface area contributed by atoms with Gasteiger partial charge in [-0.1, -0.05) is 0 Å². The van der Waals surface area contributed by atoms with Gasteiger partial charge in [0.25, 0.3) is 0 Å². The topological polar surface area (TPSA) is 47.8 Å². The lowest BCUT2D eigenvalue weighted by atomic mass is 9.96. The second-order valence-corrected chi connectivity index (χ2v) is 7.31. The van der Waals surface area contributed by atoms with Crippen LogP contribution >= 0.6 is 0 Å². The van der Waals surface area contributed by atoms with Crippen LogP contribution in [-0.2, 0) is 13.6 Å². The summed E-state index contributed by atoms with van der Waals surface area (Å²) in [4.78, 5) is 11.9. The van der Waals surface area contributed by atoms with Crippen molar-refractivity contribution in [3.8, 4) is 0 Å². The highest BCUT2D eigenvalue weighted by molar-refractivity contribution is 4.94. The molecule has 2 aliphatic heterocycles. The van der Waals surface area contributed by atoms with Crippen molar-refractivity contribution in [1.29, 1.82) is 0 Å². The fourth-order valence-corrected chi connectivity index (χ4v) is 3.94. The van der Waals surface area contributed by atoms with E-state index in [1.54, 1.807) is 0 Å². The van der Waals surface area contributed by atoms with Crippen molar-refractivity contribution in [2.75, 3.05) is 59.5 Å². The summed E-state index contributed by atoms with van der Waals surface area (Å²) >= 11 is 0. The van der Waals surface area contributed by atoms with Crippen molar-refractivity contribution in [3.05, 3.63) is 18.2 Å². The maximum Gasteiger partial charge on any atom is 0.122 e. The quantitative estimate of drug-likeness (QED) is 0.833. The SMILES string of the molecule is CN1CCCN(C[C@@H]2CN(Cc3nccn3C)C[C@@H]2CO)CC1. The number of nitrogens with zero attached hydrogens (tertiary/aromatic N) is 5. The van der Waals surface area contributed by atoms with Crippen LogP contribution in [-0.4, -0.2) is 88.8 Å². The molecule has 0 amide bonds. The maximum absolute atomic E-state index is 9.79. The molecule has 0 bridgehead atoms. The van der Waals surface area contributed by atoms with Crippen LogP contribution in [0, 0.1) is 11.8 Å². The molecular formula is C17H31N5O. The van der Waals surface area contributed by atoms with E-state index in [-0.39, 0.29) is 0 Å². The molecule has 0 saturated carbocycles. The average Bonchev–Trinajstić information content (AvgIpc) is 3.04. The monoisotopic (exact) mass is 321 g/mol. The maximum atomic E-state index is 9.79. The fraction of sp³-hybridized carbons (Fsp3) is 0.824. The van der Waals surface area contributed by atoms with Crippen molar-refractivity contribution < 1.29 is 5.11 Å². The molecule has 0 aliphatic carbocycles. The Morgan fingerprint density at radius 1 is 1.09 bits per heavy atom. The molecule has 2 saturated heterocycles. The first-order valence-corrected chi connectivity index (χ1v) is 8.86. The summed E-state index contributed by atoms with van der Waals surface area (Å²) in [6.07, 6.45) is 5.12. The summed E-state index contributed by atoms with van der Waals surface area (Å²) in [5, 5.41) is 9.79. The molecule has 2 fully saturated rings. The molecule has 6 heteroatoms. The molecule has 0 spiro atoms. The summed E-state index contributed by atoms with van der Waals surface area (Å²) in [6.45, 7) is 9.09. The Morgan fingerprint density at radius 3 is 2.65 bits per heavy atom. The van der Waals surface area contributed by atoms with E-state index in [1.807, 2.05) is 19.4 Å². The predicted octanol–water partition coefficient (Wildman–Crippen LogP) is 0.0979. The molecule has 0 unspecified atom stereocenters. The first kappa shape index (κ1) is 16.9. The summed E-state index contributed by atoms with van der Waals surface area (Å²) in [5.41, 5.74) is 0. The van der Waals surface area contributed by atoms with Gasteiger partial charge in [-0.25, -0.2) is 4.98 Å². The third-order valence-corrected chi connectivity index (χ3v) is 5.48. The van der Waals surface area contributed by atoms with Gasteiger partial charge < -0.3 is 19.5 Å². The number of hydrogen-bond acceptors (Lipinski definition) is 5. The van der Waals surface area contributed by atoms with Crippen LogP contribution in [0.4, 0.5) is 0 Å². The van der Waals surface area contributed by atoms with Gasteiger partial charge in [0.2, 0.25) is 0 Å². The van der Waals surface area contributed by atoms with E-state index in [1.165, 1.54) is 19.5 Å². The normalized spacial score (nSPS) is 28.3. The van der Waals surface area contributed by atoms with Crippen molar-refractivity contribution in [1.82, 2.24) is 24.3 Å². The lowest BCUT2D eigenvalue weighted by Gasteiger charge is -2.26. The Labute approximate surface area is 139 Å². The molecule has 130 valence electrons. The number of aryl methyl sites for hydroxylation is 1. The van der Waals surface area contributed by atoms with Crippen LogP contribution in [0.3, 0.4) is 0 Å². The van der Waals surface area contributed by atoms with Crippen LogP contribution in [0.25, 0.3) is 0 Å². The molecule has 6 nitrogen and oxygen atoms in total. The first-order valence-electron chi connectivity index (χ1n) is 8.86. The van der Waals surface area contributed by atoms with Gasteiger partial charge in [-0.2, -0.15) is 0 Å². The zero-order chi connectivity index (χ0) is 16.2. The molecule has 1 aromatic rings. The summed E-state index contributed by atoms with van der Waals surface area (Å²) in [5.74, 6) is 2.08. The van der Waals surface area contributed by atoms with Gasteiger partial charge in [0, 0.05) is 58.8 Å². The molecule has 0 aromatic carbocycles. The van der Waals surface area contributed by atoms with Crippen LogP contribution in [0.15, 0.2) is 12.4 Å². The highest BCUT2D eigenvalue weighted by atomic mass is 16.3. The van der Waals surface area contributed by atoms with Crippen molar-refractivity contribution >= 4 is 0 Å². The molecule has 2 atom stereocenters. The lowest BCUT2D eigenvalue weighted by molar-refractivity contribution is 0.165. The smallest absolute Gasteiger partial charge is 0.122 e. The molecule has 3 rings (SSSR count). The minimum absolute atomic E-state index is 0.301. The Kier molecular flexibility index (Phi) is 5.69. The van der Waals surface area contributed by atoms with Crippen LogP contribution in [0.1, 0.15) is 12.2 Å². The number of likely N-dealkylation sites (N-methyl/N-ethyl adjacent to an activating group) is 1. The zero-order valence-corrected chi connectivity index (χ0v) is 14.6. The van der Waals surface area contributed by atoms with Gasteiger partial charge >= 0.3 is 0 Å². The molecular weight excluding hydrogens is 290 g/mol. The Hall–Kier alpha value is -0.950. The summed E-state index contributed by atoms with van der Waals surface area (Å²) in [6, 6.07) is 0. The zero-order valence-electron chi connectivity index (χ0n) is 14.6. The molecule has 23 heavy (non-hydrogen) atoms. The van der Waals surface area contributed by atoms with Gasteiger partial charge in [0.15, 0.2) is 0 Å². The van der Waals surface area contributed by atoms with E-state index >= 15 is 0 Å². The molecule has 1 N–H and O–H groups in total. The van der Waals surface area contributed by atoms with E-state index in [0.29, 0.717) is 18.4 Å². The molecule has 0 radical (unpaired) electrons. The number of aromatic nitrogens is 2. The van der Waals surface area contributed by atoms with E-state index in [0.717, 1.165) is 45.1 Å². The molecule has 2 aliphatic rings. The first-order chi connectivity index (χ1) is 11.2. The number of imidazole rings is 1. The molecule has 3 heterocycles. The van der Waals surface area contributed by atoms with Crippen molar-refractivity contribution in [3.63, 3.8) is 0 Å². The third-order valence-electron chi connectivity index (χ3n) is 5.48. The number of hydrogen-bond donors (Lipinski definition) is 1. The van der Waals surface area contributed by atoms with Gasteiger partial charge in [-0.3, -0.25) is 4.90 Å². The molecule has 1 aromatic heterocycles. The van der Waals surface area contributed by atoms with Gasteiger partial charge in [-0.15, -0.1) is 0 Å². The van der Waals surface area contributed by atoms with Crippen LogP contribution in [0.5, 0.6) is 0 Å². The number of rotatable bonds is 5. The minimum Gasteiger partial charge on any atom is -0.396 e. The minimum atomic E-state index is 0.301. The van der Waals surface area contributed by atoms with Crippen LogP contribution in [0.2, 0.25) is 0 Å². The average molecular weight is 321 g/mol. The van der Waals surface area contributed by atoms with Gasteiger partial charge in [0.05, 0.1) is 6.54 Å². The largest absolute Gasteiger partial charge is 0.396 e. The van der Waals surface area contributed by atoms with Crippen LogP contribution < -0.4 is 0 Å². The Balaban J connectivity index is 1.55. The van der Waals surface area contributed by atoms with E-state index in [4.69, 9.17) is 0 Å².